The molecule has 4 aromatic rings. The number of carbonyl (C=O) groups excluding carboxylic acids is 2. The Balaban J connectivity index is 1.14. The largest absolute Gasteiger partial charge is 0.465 e. The second-order valence-corrected chi connectivity index (χ2v) is 16.5. The van der Waals surface area contributed by atoms with Gasteiger partial charge in [-0.1, -0.05) is 105 Å². The standard InChI is InChI=1S/C46H61ClN8O10/c1-3-4-5-11-21-54(27-35(56)38(58)39-36(57)28-63-44(65-39)32-13-7-6-8-14-32)22-20-50-45(60)64-34-18-16-30(17-19-34)25-55(46(61)62)26-31(23-33-15-10-9-12-29(33)2)24-51-43(59)37-41(48)53-42(49)40(47)52-37/h6-10,12-19,31,35-36,38-39,44,56-58H,3-5,11,20-28H2,1-2H3,(H,50,60)(H,51,59)(H,61,62)(H4,48,49,53)/t31?,35-,36+,38+,39+,44+/m0/s1. The monoisotopic (exact) mass is 920 g/mol. The van der Waals surface area contributed by atoms with E-state index >= 15 is 0 Å². The van der Waals surface area contributed by atoms with Crippen LogP contribution >= 0.6 is 11.6 Å². The van der Waals surface area contributed by atoms with Gasteiger partial charge in [-0.25, -0.2) is 19.6 Å². The van der Waals surface area contributed by atoms with Crippen LogP contribution < -0.4 is 26.8 Å². The SMILES string of the molecule is CCCCCCN(CCNC(=O)Oc1ccc(CN(CC(CNC(=O)c2nc(Cl)c(N)nc2N)Cc2ccccc2C)C(=O)O)cc1)C[C@H](O)[C@@H](O)[C@@H]1O[C@H](c2ccccc2)OC[C@H]1O. The fraction of sp³-hybridized carbons (Fsp3) is 0.457. The number of hydrogen-bond acceptors (Lipinski definition) is 14. The average Bonchev–Trinajstić information content (AvgIpc) is 3.29. The minimum atomic E-state index is -1.41. The van der Waals surface area contributed by atoms with Gasteiger partial charge in [0.1, 0.15) is 24.1 Å². The highest BCUT2D eigenvalue weighted by Gasteiger charge is 2.39. The van der Waals surface area contributed by atoms with Gasteiger partial charge in [0.05, 0.1) is 12.7 Å². The summed E-state index contributed by atoms with van der Waals surface area (Å²) in [6.07, 6.45) is -3.24. The van der Waals surface area contributed by atoms with E-state index in [4.69, 9.17) is 37.3 Å². The number of aromatic nitrogens is 2. The number of nitrogens with zero attached hydrogens (tertiary/aromatic N) is 4. The number of carboxylic acid groups (broad SMARTS) is 1. The van der Waals surface area contributed by atoms with Crippen LogP contribution in [0, 0.1) is 12.8 Å². The number of aliphatic hydroxyl groups is 3. The molecule has 65 heavy (non-hydrogen) atoms. The van der Waals surface area contributed by atoms with Crippen molar-refractivity contribution in [3.8, 4) is 5.75 Å². The zero-order valence-electron chi connectivity index (χ0n) is 36.7. The number of halogens is 1. The van der Waals surface area contributed by atoms with Gasteiger partial charge in [-0.05, 0) is 61.1 Å². The number of ether oxygens (including phenoxy) is 3. The molecule has 0 bridgehead atoms. The fourth-order valence-corrected chi connectivity index (χ4v) is 7.57. The second-order valence-electron chi connectivity index (χ2n) is 16.1. The lowest BCUT2D eigenvalue weighted by Crippen LogP contribution is -2.54. The minimum Gasteiger partial charge on any atom is -0.465 e. The third-order valence-electron chi connectivity index (χ3n) is 11.0. The van der Waals surface area contributed by atoms with Crippen LogP contribution in [0.15, 0.2) is 78.9 Å². The van der Waals surface area contributed by atoms with Crippen LogP contribution in [0.4, 0.5) is 21.2 Å². The summed E-state index contributed by atoms with van der Waals surface area (Å²) in [5, 5.41) is 48.5. The number of anilines is 2. The molecule has 3 aromatic carbocycles. The Hall–Kier alpha value is -5.60. The van der Waals surface area contributed by atoms with Gasteiger partial charge >= 0.3 is 12.2 Å². The van der Waals surface area contributed by atoms with E-state index in [1.54, 1.807) is 24.3 Å². The number of nitrogens with two attached hydrogens (primary N) is 2. The molecule has 1 fully saturated rings. The van der Waals surface area contributed by atoms with Crippen LogP contribution in [-0.4, -0.2) is 129 Å². The van der Waals surface area contributed by atoms with Crippen molar-refractivity contribution >= 4 is 41.3 Å². The molecule has 1 unspecified atom stereocenters. The van der Waals surface area contributed by atoms with Crippen LogP contribution in [0.3, 0.4) is 0 Å². The van der Waals surface area contributed by atoms with Gasteiger partial charge in [-0.3, -0.25) is 9.69 Å². The lowest BCUT2D eigenvalue weighted by atomic mass is 9.95. The number of nitrogen functional groups attached to an aromatic ring is 2. The maximum Gasteiger partial charge on any atom is 0.412 e. The van der Waals surface area contributed by atoms with Gasteiger partial charge in [-0.15, -0.1) is 0 Å². The number of benzene rings is 3. The summed E-state index contributed by atoms with van der Waals surface area (Å²) >= 11 is 5.98. The topological polar surface area (TPSA) is 268 Å². The van der Waals surface area contributed by atoms with E-state index in [1.165, 1.54) is 4.90 Å². The summed E-state index contributed by atoms with van der Waals surface area (Å²) in [5.74, 6) is -1.08. The third-order valence-corrected chi connectivity index (χ3v) is 11.3. The van der Waals surface area contributed by atoms with E-state index in [2.05, 4.69) is 27.5 Å². The van der Waals surface area contributed by atoms with Crippen molar-refractivity contribution in [2.75, 3.05) is 57.3 Å². The molecule has 0 saturated carbocycles. The Kier molecular flexibility index (Phi) is 19.5. The van der Waals surface area contributed by atoms with Gasteiger partial charge in [0.2, 0.25) is 0 Å². The summed E-state index contributed by atoms with van der Waals surface area (Å²) < 4.78 is 17.1. The average molecular weight is 921 g/mol. The molecule has 352 valence electrons. The molecule has 10 N–H and O–H groups in total. The van der Waals surface area contributed by atoms with Crippen LogP contribution in [0.1, 0.15) is 71.6 Å². The molecule has 3 amide bonds. The summed E-state index contributed by atoms with van der Waals surface area (Å²) in [7, 11) is 0. The van der Waals surface area contributed by atoms with Crippen LogP contribution in [0.5, 0.6) is 5.75 Å². The Morgan fingerprint density at radius 3 is 2.35 bits per heavy atom. The molecule has 0 spiro atoms. The first-order valence-corrected chi connectivity index (χ1v) is 22.1. The summed E-state index contributed by atoms with van der Waals surface area (Å²) in [6.45, 7) is 5.31. The summed E-state index contributed by atoms with van der Waals surface area (Å²) in [6, 6.07) is 23.3. The Morgan fingerprint density at radius 2 is 1.65 bits per heavy atom. The van der Waals surface area contributed by atoms with Crippen LogP contribution in [0.25, 0.3) is 0 Å². The van der Waals surface area contributed by atoms with Gasteiger partial charge < -0.3 is 61.6 Å². The van der Waals surface area contributed by atoms with Crippen molar-refractivity contribution in [3.63, 3.8) is 0 Å². The van der Waals surface area contributed by atoms with Crippen LogP contribution in [-0.2, 0) is 22.4 Å². The first-order chi connectivity index (χ1) is 31.2. The smallest absolute Gasteiger partial charge is 0.412 e. The fourth-order valence-electron chi connectivity index (χ4n) is 7.44. The van der Waals surface area contributed by atoms with Gasteiger partial charge in [0.25, 0.3) is 5.91 Å². The van der Waals surface area contributed by atoms with Crippen molar-refractivity contribution in [2.45, 2.75) is 83.2 Å². The van der Waals surface area contributed by atoms with Gasteiger partial charge in [0, 0.05) is 44.8 Å². The molecular formula is C46H61ClN8O10. The van der Waals surface area contributed by atoms with E-state index < -0.39 is 48.8 Å². The van der Waals surface area contributed by atoms with Crippen LogP contribution in [0.2, 0.25) is 5.15 Å². The zero-order valence-corrected chi connectivity index (χ0v) is 37.5. The van der Waals surface area contributed by atoms with Crippen molar-refractivity contribution in [1.82, 2.24) is 30.4 Å². The normalized spacial score (nSPS) is 17.5. The van der Waals surface area contributed by atoms with E-state index in [0.717, 1.165) is 42.4 Å². The molecule has 0 aliphatic carbocycles. The number of hydrogen-bond donors (Lipinski definition) is 8. The first kappa shape index (κ1) is 50.4. The Morgan fingerprint density at radius 1 is 0.923 bits per heavy atom. The number of amides is 3. The van der Waals surface area contributed by atoms with Gasteiger partial charge in [-0.2, -0.15) is 0 Å². The summed E-state index contributed by atoms with van der Waals surface area (Å²) in [4.78, 5) is 49.5. The highest BCUT2D eigenvalue weighted by molar-refractivity contribution is 6.31. The molecule has 0 radical (unpaired) electrons. The summed E-state index contributed by atoms with van der Waals surface area (Å²) in [5.41, 5.74) is 14.7. The van der Waals surface area contributed by atoms with Crippen molar-refractivity contribution in [2.24, 2.45) is 5.92 Å². The van der Waals surface area contributed by atoms with E-state index in [0.29, 0.717) is 25.1 Å². The molecule has 18 nitrogen and oxygen atoms in total. The maximum absolute atomic E-state index is 13.1. The van der Waals surface area contributed by atoms with Crippen molar-refractivity contribution < 1.29 is 49.0 Å². The number of aliphatic hydroxyl groups excluding tert-OH is 3. The molecule has 2 heterocycles. The minimum absolute atomic E-state index is 0.00782. The highest BCUT2D eigenvalue weighted by Crippen LogP contribution is 2.29. The lowest BCUT2D eigenvalue weighted by molar-refractivity contribution is -0.283. The molecule has 6 atom stereocenters. The number of aryl methyl sites for hydroxylation is 1. The Bertz CT molecular complexity index is 2140. The van der Waals surface area contributed by atoms with E-state index in [-0.39, 0.29) is 73.5 Å². The van der Waals surface area contributed by atoms with Gasteiger partial charge in [0.15, 0.2) is 28.8 Å². The molecule has 1 saturated heterocycles. The van der Waals surface area contributed by atoms with E-state index in [9.17, 15) is 34.8 Å². The van der Waals surface area contributed by atoms with Crippen molar-refractivity contribution in [1.29, 1.82) is 0 Å². The van der Waals surface area contributed by atoms with Crippen molar-refractivity contribution in [3.05, 3.63) is 112 Å². The number of nitrogens with one attached hydrogen (secondary N) is 2. The Labute approximate surface area is 383 Å². The zero-order chi connectivity index (χ0) is 46.9. The number of carbonyl (C=O) groups is 3. The number of rotatable bonds is 23. The molecule has 1 aromatic heterocycles. The second kappa shape index (κ2) is 25.2. The molecule has 19 heteroatoms. The first-order valence-electron chi connectivity index (χ1n) is 21.7. The molecular weight excluding hydrogens is 860 g/mol. The lowest BCUT2D eigenvalue weighted by Gasteiger charge is -2.38. The molecule has 1 aliphatic rings. The molecule has 1 aliphatic heterocycles. The third kappa shape index (κ3) is 15.5. The predicted octanol–water partition coefficient (Wildman–Crippen LogP) is 4.54. The quantitative estimate of drug-likeness (QED) is 0.0475. The predicted molar refractivity (Wildman–Crippen MR) is 244 cm³/mol. The maximum atomic E-state index is 13.1. The highest BCUT2D eigenvalue weighted by atomic mass is 35.5. The number of unbranched alkanes of at least 4 members (excludes halogenated alkanes) is 3. The van der Waals surface area contributed by atoms with E-state index in [1.807, 2.05) is 66.4 Å². The molecule has 5 rings (SSSR count).